The van der Waals surface area contributed by atoms with E-state index in [2.05, 4.69) is 47.5 Å². The smallest absolute Gasteiger partial charge is 0.223 e. The summed E-state index contributed by atoms with van der Waals surface area (Å²) in [5, 5.41) is 3.09. The van der Waals surface area contributed by atoms with Gasteiger partial charge in [0.05, 0.1) is 6.10 Å². The first-order valence-electron chi connectivity index (χ1n) is 9.39. The van der Waals surface area contributed by atoms with Gasteiger partial charge in [-0.2, -0.15) is 0 Å². The van der Waals surface area contributed by atoms with E-state index >= 15 is 0 Å². The topological polar surface area (TPSA) is 41.6 Å². The Bertz CT molecular complexity index is 506. The van der Waals surface area contributed by atoms with Crippen LogP contribution in [0.4, 0.5) is 0 Å². The molecule has 2 aliphatic rings. The van der Waals surface area contributed by atoms with Crippen molar-refractivity contribution in [3.8, 4) is 0 Å². The molecule has 4 nitrogen and oxygen atoms in total. The van der Waals surface area contributed by atoms with E-state index in [0.29, 0.717) is 12.5 Å². The summed E-state index contributed by atoms with van der Waals surface area (Å²) in [6.45, 7) is 6.94. The number of hydrogen-bond acceptors (Lipinski definition) is 3. The maximum atomic E-state index is 12.3. The Morgan fingerprint density at radius 3 is 2.67 bits per heavy atom. The molecule has 2 aliphatic heterocycles. The van der Waals surface area contributed by atoms with Gasteiger partial charge in [-0.25, -0.2) is 0 Å². The average molecular weight is 330 g/mol. The summed E-state index contributed by atoms with van der Waals surface area (Å²) < 4.78 is 5.57. The molecule has 1 N–H and O–H groups in total. The molecule has 0 spiro atoms. The maximum Gasteiger partial charge on any atom is 0.223 e. The van der Waals surface area contributed by atoms with E-state index in [0.717, 1.165) is 51.9 Å². The minimum atomic E-state index is 0.176. The highest BCUT2D eigenvalue weighted by Gasteiger charge is 2.26. The average Bonchev–Trinajstić information content (AvgIpc) is 3.14. The highest BCUT2D eigenvalue weighted by molar-refractivity contribution is 5.78. The molecule has 0 bridgehead atoms. The number of carbonyl (C=O) groups is 1. The Hall–Kier alpha value is -1.39. The van der Waals surface area contributed by atoms with Gasteiger partial charge < -0.3 is 15.0 Å². The molecular weight excluding hydrogens is 300 g/mol. The van der Waals surface area contributed by atoms with Crippen LogP contribution in [0, 0.1) is 5.92 Å². The number of carbonyl (C=O) groups excluding carboxylic acids is 1. The number of ether oxygens (including phenoxy) is 1. The lowest BCUT2D eigenvalue weighted by Crippen LogP contribution is -2.43. The van der Waals surface area contributed by atoms with Crippen molar-refractivity contribution < 1.29 is 9.53 Å². The van der Waals surface area contributed by atoms with Crippen LogP contribution < -0.4 is 5.32 Å². The van der Waals surface area contributed by atoms with E-state index in [1.165, 1.54) is 5.56 Å². The molecule has 132 valence electrons. The van der Waals surface area contributed by atoms with Crippen molar-refractivity contribution >= 4 is 5.91 Å². The standard InChI is InChI=1S/C20H30N2O2/c1-16(17-6-3-2-4-7-17)15-22-11-9-18(10-12-22)20(23)21-14-19-8-5-13-24-19/h2-4,6-7,16,18-19H,5,8-15H2,1H3,(H,21,23)/t16-,19+/m1/s1. The molecule has 24 heavy (non-hydrogen) atoms. The van der Waals surface area contributed by atoms with Crippen LogP contribution >= 0.6 is 0 Å². The zero-order chi connectivity index (χ0) is 16.8. The van der Waals surface area contributed by atoms with Crippen LogP contribution in [0.5, 0.6) is 0 Å². The second-order valence-corrected chi connectivity index (χ2v) is 7.27. The van der Waals surface area contributed by atoms with Crippen molar-refractivity contribution in [2.24, 2.45) is 5.92 Å². The fourth-order valence-electron chi connectivity index (χ4n) is 3.82. The molecule has 2 atom stereocenters. The first-order chi connectivity index (χ1) is 11.7. The van der Waals surface area contributed by atoms with E-state index < -0.39 is 0 Å². The van der Waals surface area contributed by atoms with Gasteiger partial charge in [-0.05, 0) is 50.3 Å². The molecule has 2 heterocycles. The zero-order valence-electron chi connectivity index (χ0n) is 14.7. The summed E-state index contributed by atoms with van der Waals surface area (Å²) in [5.41, 5.74) is 1.40. The number of piperidine rings is 1. The number of rotatable bonds is 6. The van der Waals surface area contributed by atoms with Crippen molar-refractivity contribution in [3.63, 3.8) is 0 Å². The normalized spacial score (nSPS) is 24.0. The predicted octanol–water partition coefficient (Wildman–Crippen LogP) is 2.80. The third kappa shape index (κ3) is 4.81. The van der Waals surface area contributed by atoms with Gasteiger partial charge in [0.15, 0.2) is 0 Å². The molecule has 0 aliphatic carbocycles. The number of hydrogen-bond donors (Lipinski definition) is 1. The van der Waals surface area contributed by atoms with E-state index in [-0.39, 0.29) is 17.9 Å². The summed E-state index contributed by atoms with van der Waals surface area (Å²) >= 11 is 0. The summed E-state index contributed by atoms with van der Waals surface area (Å²) in [6, 6.07) is 10.7. The summed E-state index contributed by atoms with van der Waals surface area (Å²) in [5.74, 6) is 0.937. The van der Waals surface area contributed by atoms with E-state index in [1.807, 2.05) is 0 Å². The summed E-state index contributed by atoms with van der Waals surface area (Å²) in [7, 11) is 0. The molecule has 2 fully saturated rings. The highest BCUT2D eigenvalue weighted by Crippen LogP contribution is 2.22. The van der Waals surface area contributed by atoms with Gasteiger partial charge in [-0.15, -0.1) is 0 Å². The Balaban J connectivity index is 1.38. The molecule has 0 radical (unpaired) electrons. The van der Waals surface area contributed by atoms with Gasteiger partial charge in [-0.3, -0.25) is 4.79 Å². The number of nitrogens with one attached hydrogen (secondary N) is 1. The monoisotopic (exact) mass is 330 g/mol. The van der Waals surface area contributed by atoms with Crippen LogP contribution in [-0.4, -0.2) is 49.7 Å². The Morgan fingerprint density at radius 2 is 2.00 bits per heavy atom. The Morgan fingerprint density at radius 1 is 1.25 bits per heavy atom. The summed E-state index contributed by atoms with van der Waals surface area (Å²) in [4.78, 5) is 14.8. The lowest BCUT2D eigenvalue weighted by atomic mass is 9.94. The lowest BCUT2D eigenvalue weighted by Gasteiger charge is -2.33. The molecule has 0 unspecified atom stereocenters. The first kappa shape index (κ1) is 17.4. The van der Waals surface area contributed by atoms with Crippen molar-refractivity contribution in [1.29, 1.82) is 0 Å². The minimum absolute atomic E-state index is 0.176. The minimum Gasteiger partial charge on any atom is -0.376 e. The molecule has 1 aromatic rings. The number of likely N-dealkylation sites (tertiary alicyclic amines) is 1. The van der Waals surface area contributed by atoms with Gasteiger partial charge in [0, 0.05) is 25.6 Å². The van der Waals surface area contributed by atoms with Crippen LogP contribution in [0.15, 0.2) is 30.3 Å². The second-order valence-electron chi connectivity index (χ2n) is 7.27. The quantitative estimate of drug-likeness (QED) is 0.872. The predicted molar refractivity (Wildman–Crippen MR) is 96.0 cm³/mol. The third-order valence-electron chi connectivity index (χ3n) is 5.39. The van der Waals surface area contributed by atoms with Crippen LogP contribution in [0.1, 0.15) is 44.1 Å². The molecule has 2 saturated heterocycles. The lowest BCUT2D eigenvalue weighted by molar-refractivity contribution is -0.126. The van der Waals surface area contributed by atoms with Crippen molar-refractivity contribution in [1.82, 2.24) is 10.2 Å². The molecule has 0 aromatic heterocycles. The number of benzene rings is 1. The van der Waals surface area contributed by atoms with E-state index in [4.69, 9.17) is 4.74 Å². The molecule has 0 saturated carbocycles. The Labute approximate surface area is 145 Å². The molecular formula is C20H30N2O2. The van der Waals surface area contributed by atoms with Gasteiger partial charge >= 0.3 is 0 Å². The van der Waals surface area contributed by atoms with Crippen molar-refractivity contribution in [2.75, 3.05) is 32.8 Å². The second kappa shape index (κ2) is 8.63. The number of amides is 1. The highest BCUT2D eigenvalue weighted by atomic mass is 16.5. The maximum absolute atomic E-state index is 12.3. The fourth-order valence-corrected chi connectivity index (χ4v) is 3.82. The Kier molecular flexibility index (Phi) is 6.27. The van der Waals surface area contributed by atoms with Crippen LogP contribution in [0.3, 0.4) is 0 Å². The van der Waals surface area contributed by atoms with Crippen molar-refractivity contribution in [3.05, 3.63) is 35.9 Å². The largest absolute Gasteiger partial charge is 0.376 e. The van der Waals surface area contributed by atoms with Crippen LogP contribution in [0.25, 0.3) is 0 Å². The zero-order valence-corrected chi connectivity index (χ0v) is 14.7. The third-order valence-corrected chi connectivity index (χ3v) is 5.39. The van der Waals surface area contributed by atoms with Crippen LogP contribution in [-0.2, 0) is 9.53 Å². The molecule has 4 heteroatoms. The van der Waals surface area contributed by atoms with Gasteiger partial charge in [0.25, 0.3) is 0 Å². The number of nitrogens with zero attached hydrogens (tertiary/aromatic N) is 1. The fraction of sp³-hybridized carbons (Fsp3) is 0.650. The van der Waals surface area contributed by atoms with Gasteiger partial charge in [0.2, 0.25) is 5.91 Å². The molecule has 1 aromatic carbocycles. The van der Waals surface area contributed by atoms with Gasteiger partial charge in [-0.1, -0.05) is 37.3 Å². The molecule has 3 rings (SSSR count). The van der Waals surface area contributed by atoms with Crippen LogP contribution in [0.2, 0.25) is 0 Å². The SMILES string of the molecule is C[C@H](CN1CCC(C(=O)NC[C@@H]2CCCO2)CC1)c1ccccc1. The van der Waals surface area contributed by atoms with Crippen molar-refractivity contribution in [2.45, 2.75) is 44.6 Å². The summed E-state index contributed by atoms with van der Waals surface area (Å²) in [6.07, 6.45) is 4.38. The van der Waals surface area contributed by atoms with E-state index in [1.54, 1.807) is 0 Å². The van der Waals surface area contributed by atoms with E-state index in [9.17, 15) is 4.79 Å². The molecule has 1 amide bonds. The van der Waals surface area contributed by atoms with Gasteiger partial charge in [0.1, 0.15) is 0 Å². The first-order valence-corrected chi connectivity index (χ1v) is 9.39.